The molecule has 2 N–H and O–H groups in total. The van der Waals surface area contributed by atoms with E-state index in [1.54, 1.807) is 0 Å². The number of benzene rings is 2. The number of aromatic hydroxyl groups is 1. The van der Waals surface area contributed by atoms with Crippen LogP contribution in [0.25, 0.3) is 17.1 Å². The Morgan fingerprint density at radius 3 is 2.88 bits per heavy atom. The standard InChI is InChI=1S/C17H12N4O4S/c1-25-15-8-10(7-14(16(15)22)21(23)24)6-11(9-18)26-17-19-12-4-2-3-5-13(12)20-17/h2-8,22H,1H3,(H,19,20)/b11-6+. The van der Waals surface area contributed by atoms with Crippen LogP contribution >= 0.6 is 11.8 Å². The van der Waals surface area contributed by atoms with E-state index >= 15 is 0 Å². The lowest BCUT2D eigenvalue weighted by Crippen LogP contribution is -1.93. The first-order valence-corrected chi connectivity index (χ1v) is 8.13. The fourth-order valence-electron chi connectivity index (χ4n) is 2.31. The number of nitriles is 1. The lowest BCUT2D eigenvalue weighted by Gasteiger charge is -2.05. The number of thioether (sulfide) groups is 1. The van der Waals surface area contributed by atoms with E-state index in [2.05, 4.69) is 9.97 Å². The zero-order chi connectivity index (χ0) is 18.7. The third-order valence-electron chi connectivity index (χ3n) is 3.48. The molecule has 2 aromatic carbocycles. The minimum absolute atomic E-state index is 0.0449. The minimum atomic E-state index is -0.715. The number of H-pyrrole nitrogens is 1. The van der Waals surface area contributed by atoms with Gasteiger partial charge in [0.05, 0.1) is 28.0 Å². The van der Waals surface area contributed by atoms with Crippen molar-refractivity contribution in [2.24, 2.45) is 0 Å². The Balaban J connectivity index is 1.97. The highest BCUT2D eigenvalue weighted by Gasteiger charge is 2.19. The monoisotopic (exact) mass is 368 g/mol. The van der Waals surface area contributed by atoms with Crippen molar-refractivity contribution >= 4 is 34.6 Å². The maximum Gasteiger partial charge on any atom is 0.315 e. The van der Waals surface area contributed by atoms with E-state index in [-0.39, 0.29) is 10.7 Å². The van der Waals surface area contributed by atoms with Crippen molar-refractivity contribution in [3.8, 4) is 17.6 Å². The molecule has 0 aliphatic rings. The molecule has 0 atom stereocenters. The van der Waals surface area contributed by atoms with Crippen LogP contribution in [0, 0.1) is 21.4 Å². The number of rotatable bonds is 5. The highest BCUT2D eigenvalue weighted by molar-refractivity contribution is 8.03. The average molecular weight is 368 g/mol. The molecular weight excluding hydrogens is 356 g/mol. The lowest BCUT2D eigenvalue weighted by molar-refractivity contribution is -0.386. The van der Waals surface area contributed by atoms with Crippen LogP contribution in [0.5, 0.6) is 11.5 Å². The SMILES string of the molecule is COc1cc(/C=C(\C#N)Sc2nc3ccccc3[nH]2)cc([N+](=O)[O-])c1O. The van der Waals surface area contributed by atoms with Crippen molar-refractivity contribution in [3.63, 3.8) is 0 Å². The predicted octanol–water partition coefficient (Wildman–Crippen LogP) is 3.84. The molecule has 130 valence electrons. The maximum atomic E-state index is 11.1. The van der Waals surface area contributed by atoms with Gasteiger partial charge in [-0.15, -0.1) is 0 Å². The number of nitrogens with zero attached hydrogens (tertiary/aromatic N) is 3. The van der Waals surface area contributed by atoms with Crippen LogP contribution in [0.1, 0.15) is 5.56 Å². The molecule has 0 aliphatic carbocycles. The molecule has 0 bridgehead atoms. The normalized spacial score (nSPS) is 11.3. The lowest BCUT2D eigenvalue weighted by atomic mass is 10.1. The van der Waals surface area contributed by atoms with Crippen molar-refractivity contribution in [1.29, 1.82) is 5.26 Å². The Morgan fingerprint density at radius 2 is 2.23 bits per heavy atom. The summed E-state index contributed by atoms with van der Waals surface area (Å²) in [5.74, 6) is -0.602. The molecule has 0 unspecified atom stereocenters. The fraction of sp³-hybridized carbons (Fsp3) is 0.0588. The summed E-state index contributed by atoms with van der Waals surface area (Å²) in [6, 6.07) is 12.1. The minimum Gasteiger partial charge on any atom is -0.500 e. The van der Waals surface area contributed by atoms with Gasteiger partial charge in [0, 0.05) is 6.07 Å². The number of imidazole rings is 1. The number of phenolic OH excluding ortho intramolecular Hbond substituents is 1. The van der Waals surface area contributed by atoms with E-state index in [1.165, 1.54) is 25.3 Å². The van der Waals surface area contributed by atoms with Crippen molar-refractivity contribution in [3.05, 3.63) is 57.0 Å². The molecule has 0 fully saturated rings. The number of fused-ring (bicyclic) bond motifs is 1. The van der Waals surface area contributed by atoms with Gasteiger partial charge in [0.2, 0.25) is 5.75 Å². The zero-order valence-electron chi connectivity index (χ0n) is 13.5. The number of hydrogen-bond donors (Lipinski definition) is 2. The highest BCUT2D eigenvalue weighted by Crippen LogP contribution is 2.38. The van der Waals surface area contributed by atoms with Crippen molar-refractivity contribution in [2.75, 3.05) is 7.11 Å². The first-order valence-electron chi connectivity index (χ1n) is 7.31. The van der Waals surface area contributed by atoms with E-state index in [9.17, 15) is 20.5 Å². The molecule has 1 heterocycles. The summed E-state index contributed by atoms with van der Waals surface area (Å²) in [5.41, 5.74) is 1.47. The van der Waals surface area contributed by atoms with Gasteiger partial charge in [0.25, 0.3) is 0 Å². The van der Waals surface area contributed by atoms with Gasteiger partial charge in [0.1, 0.15) is 6.07 Å². The van der Waals surface area contributed by atoms with Crippen LogP contribution in [0.3, 0.4) is 0 Å². The van der Waals surface area contributed by atoms with Crippen LogP contribution in [0.15, 0.2) is 46.5 Å². The second kappa shape index (κ2) is 7.16. The molecule has 3 aromatic rings. The third kappa shape index (κ3) is 3.45. The summed E-state index contributed by atoms with van der Waals surface area (Å²) in [6.45, 7) is 0. The van der Waals surface area contributed by atoms with Gasteiger partial charge >= 0.3 is 5.69 Å². The zero-order valence-corrected chi connectivity index (χ0v) is 14.3. The molecule has 0 spiro atoms. The molecule has 3 rings (SSSR count). The summed E-state index contributed by atoms with van der Waals surface area (Å²) < 4.78 is 4.96. The molecule has 0 saturated carbocycles. The Kier molecular flexibility index (Phi) is 4.77. The van der Waals surface area contributed by atoms with Gasteiger partial charge in [0.15, 0.2) is 10.9 Å². The third-order valence-corrected chi connectivity index (χ3v) is 4.29. The van der Waals surface area contributed by atoms with Crippen LogP contribution in [-0.4, -0.2) is 27.1 Å². The second-order valence-corrected chi connectivity index (χ2v) is 6.16. The van der Waals surface area contributed by atoms with Gasteiger partial charge in [-0.3, -0.25) is 10.1 Å². The number of aromatic nitrogens is 2. The van der Waals surface area contributed by atoms with Gasteiger partial charge in [-0.2, -0.15) is 5.26 Å². The van der Waals surface area contributed by atoms with E-state index in [1.807, 2.05) is 30.3 Å². The molecule has 1 aromatic heterocycles. The average Bonchev–Trinajstić information content (AvgIpc) is 3.04. The van der Waals surface area contributed by atoms with Crippen molar-refractivity contribution in [1.82, 2.24) is 9.97 Å². The first-order chi connectivity index (χ1) is 12.5. The van der Waals surface area contributed by atoms with E-state index in [0.29, 0.717) is 10.7 Å². The highest BCUT2D eigenvalue weighted by atomic mass is 32.2. The number of nitro groups is 1. The van der Waals surface area contributed by atoms with Gasteiger partial charge in [-0.05, 0) is 41.6 Å². The molecule has 0 aliphatic heterocycles. The Morgan fingerprint density at radius 1 is 1.46 bits per heavy atom. The van der Waals surface area contributed by atoms with Crippen molar-refractivity contribution < 1.29 is 14.8 Å². The first kappa shape index (κ1) is 17.3. The number of para-hydroxylation sites is 2. The molecule has 0 amide bonds. The second-order valence-electron chi connectivity index (χ2n) is 5.13. The number of phenols is 1. The Bertz CT molecular complexity index is 1040. The maximum absolute atomic E-state index is 11.1. The molecular formula is C17H12N4O4S. The number of nitrogens with one attached hydrogen (secondary N) is 1. The topological polar surface area (TPSA) is 125 Å². The van der Waals surface area contributed by atoms with Gasteiger partial charge in [-0.25, -0.2) is 4.98 Å². The summed E-state index contributed by atoms with van der Waals surface area (Å²) in [7, 11) is 1.29. The molecule has 0 radical (unpaired) electrons. The predicted molar refractivity (Wildman–Crippen MR) is 96.9 cm³/mol. The molecule has 8 nitrogen and oxygen atoms in total. The molecule has 0 saturated heterocycles. The number of nitro benzene ring substituents is 1. The van der Waals surface area contributed by atoms with Crippen LogP contribution in [0.2, 0.25) is 0 Å². The van der Waals surface area contributed by atoms with Crippen molar-refractivity contribution in [2.45, 2.75) is 5.16 Å². The molecule has 26 heavy (non-hydrogen) atoms. The fourth-order valence-corrected chi connectivity index (χ4v) is 3.06. The number of ether oxygens (including phenoxy) is 1. The quantitative estimate of drug-likeness (QED) is 0.303. The Hall–Kier alpha value is -3.51. The van der Waals surface area contributed by atoms with Crippen LogP contribution < -0.4 is 4.74 Å². The number of aromatic amines is 1. The summed E-state index contributed by atoms with van der Waals surface area (Å²) >= 11 is 1.10. The molecule has 9 heteroatoms. The summed E-state index contributed by atoms with van der Waals surface area (Å²) in [5, 5.41) is 30.8. The van der Waals surface area contributed by atoms with Crippen LogP contribution in [0.4, 0.5) is 5.69 Å². The summed E-state index contributed by atoms with van der Waals surface area (Å²) in [4.78, 5) is 18.1. The Labute approximate surface area is 151 Å². The number of methoxy groups -OCH3 is 1. The van der Waals surface area contributed by atoms with E-state index in [4.69, 9.17) is 4.74 Å². The van der Waals surface area contributed by atoms with Crippen LogP contribution in [-0.2, 0) is 0 Å². The van der Waals surface area contributed by atoms with E-state index in [0.717, 1.165) is 22.8 Å². The summed E-state index contributed by atoms with van der Waals surface area (Å²) in [6.07, 6.45) is 1.47. The number of allylic oxidation sites excluding steroid dienone is 1. The smallest absolute Gasteiger partial charge is 0.315 e. The van der Waals surface area contributed by atoms with Gasteiger partial charge < -0.3 is 14.8 Å². The van der Waals surface area contributed by atoms with Gasteiger partial charge in [-0.1, -0.05) is 12.1 Å². The largest absolute Gasteiger partial charge is 0.500 e. The van der Waals surface area contributed by atoms with E-state index < -0.39 is 16.4 Å². The number of hydrogen-bond acceptors (Lipinski definition) is 7.